The summed E-state index contributed by atoms with van der Waals surface area (Å²) in [5, 5.41) is 0. The SMILES string of the molecule is CCCCCCC1c2cc(Br)ccc2-c2c(CCl)cc(Br)cc21. The van der Waals surface area contributed by atoms with Crippen LogP contribution in [-0.4, -0.2) is 0 Å². The van der Waals surface area contributed by atoms with Crippen molar-refractivity contribution in [3.8, 4) is 11.1 Å². The maximum absolute atomic E-state index is 6.24. The lowest BCUT2D eigenvalue weighted by Crippen LogP contribution is -1.98. The molecule has 1 atom stereocenters. The fourth-order valence-electron chi connectivity index (χ4n) is 3.70. The molecule has 2 aromatic carbocycles. The number of rotatable bonds is 6. The van der Waals surface area contributed by atoms with E-state index < -0.39 is 0 Å². The van der Waals surface area contributed by atoms with Crippen molar-refractivity contribution in [1.29, 1.82) is 0 Å². The lowest BCUT2D eigenvalue weighted by Gasteiger charge is -2.15. The first kappa shape index (κ1) is 17.5. The minimum absolute atomic E-state index is 0.494. The van der Waals surface area contributed by atoms with Gasteiger partial charge in [0, 0.05) is 20.7 Å². The van der Waals surface area contributed by atoms with E-state index in [2.05, 4.69) is 69.1 Å². The van der Waals surface area contributed by atoms with Crippen LogP contribution in [0.5, 0.6) is 0 Å². The van der Waals surface area contributed by atoms with Crippen molar-refractivity contribution in [2.45, 2.75) is 50.8 Å². The van der Waals surface area contributed by atoms with E-state index in [1.54, 1.807) is 0 Å². The molecule has 0 saturated heterocycles. The molecular weight excluding hydrogens is 435 g/mol. The molecule has 1 unspecified atom stereocenters. The summed E-state index contributed by atoms with van der Waals surface area (Å²) in [6.45, 7) is 2.27. The Hall–Kier alpha value is -0.310. The van der Waals surface area contributed by atoms with Crippen LogP contribution in [0.4, 0.5) is 0 Å². The molecule has 0 fully saturated rings. The molecule has 0 spiro atoms. The molecule has 2 aromatic rings. The van der Waals surface area contributed by atoms with Crippen LogP contribution >= 0.6 is 43.5 Å². The number of hydrogen-bond acceptors (Lipinski definition) is 0. The van der Waals surface area contributed by atoms with Gasteiger partial charge in [0.2, 0.25) is 0 Å². The van der Waals surface area contributed by atoms with Gasteiger partial charge in [-0.3, -0.25) is 0 Å². The predicted molar refractivity (Wildman–Crippen MR) is 107 cm³/mol. The Bertz CT molecular complexity index is 709. The third-order valence-corrected chi connectivity index (χ3v) is 5.98. The van der Waals surface area contributed by atoms with E-state index in [9.17, 15) is 0 Å². The van der Waals surface area contributed by atoms with Crippen LogP contribution in [0.2, 0.25) is 0 Å². The maximum Gasteiger partial charge on any atom is 0.0480 e. The molecule has 0 amide bonds. The molecule has 23 heavy (non-hydrogen) atoms. The first-order valence-electron chi connectivity index (χ1n) is 8.33. The summed E-state index contributed by atoms with van der Waals surface area (Å²) >= 11 is 13.6. The van der Waals surface area contributed by atoms with Crippen LogP contribution in [0.1, 0.15) is 61.6 Å². The number of fused-ring (bicyclic) bond motifs is 3. The van der Waals surface area contributed by atoms with Crippen molar-refractivity contribution in [2.75, 3.05) is 0 Å². The van der Waals surface area contributed by atoms with Crippen molar-refractivity contribution in [1.82, 2.24) is 0 Å². The highest BCUT2D eigenvalue weighted by Crippen LogP contribution is 2.50. The average Bonchev–Trinajstić information content (AvgIpc) is 2.83. The van der Waals surface area contributed by atoms with E-state index in [1.165, 1.54) is 59.9 Å². The van der Waals surface area contributed by atoms with Crippen LogP contribution in [0.15, 0.2) is 39.3 Å². The zero-order chi connectivity index (χ0) is 16.4. The average molecular weight is 457 g/mol. The monoisotopic (exact) mass is 454 g/mol. The van der Waals surface area contributed by atoms with E-state index in [0.29, 0.717) is 11.8 Å². The molecule has 0 aromatic heterocycles. The predicted octanol–water partition coefficient (Wildman–Crippen LogP) is 8.03. The Kier molecular flexibility index (Phi) is 5.87. The van der Waals surface area contributed by atoms with Gasteiger partial charge in [-0.05, 0) is 58.5 Å². The zero-order valence-electron chi connectivity index (χ0n) is 13.3. The summed E-state index contributed by atoms with van der Waals surface area (Å²) in [6, 6.07) is 11.1. The Labute approximate surface area is 160 Å². The molecule has 0 saturated carbocycles. The van der Waals surface area contributed by atoms with E-state index in [4.69, 9.17) is 11.6 Å². The standard InChI is InChI=1S/C20H21Br2Cl/c1-2-3-4-5-6-16-18-10-14(21)7-8-17(18)20-13(12-23)9-15(22)11-19(16)20/h7-11,16H,2-6,12H2,1H3. The minimum Gasteiger partial charge on any atom is -0.122 e. The topological polar surface area (TPSA) is 0 Å². The van der Waals surface area contributed by atoms with Gasteiger partial charge < -0.3 is 0 Å². The molecule has 0 aliphatic heterocycles. The van der Waals surface area contributed by atoms with Crippen LogP contribution in [0.25, 0.3) is 11.1 Å². The van der Waals surface area contributed by atoms with Crippen LogP contribution in [0, 0.1) is 0 Å². The second-order valence-electron chi connectivity index (χ2n) is 6.30. The molecule has 0 heterocycles. The quantitative estimate of drug-likeness (QED) is 0.305. The minimum atomic E-state index is 0.494. The summed E-state index contributed by atoms with van der Waals surface area (Å²) < 4.78 is 2.30. The van der Waals surface area contributed by atoms with Gasteiger partial charge in [-0.2, -0.15) is 0 Å². The van der Waals surface area contributed by atoms with Crippen molar-refractivity contribution in [3.05, 3.63) is 56.0 Å². The highest BCUT2D eigenvalue weighted by molar-refractivity contribution is 9.10. The highest BCUT2D eigenvalue weighted by atomic mass is 79.9. The third-order valence-electron chi connectivity index (χ3n) is 4.74. The summed E-state index contributed by atoms with van der Waals surface area (Å²) in [5.74, 6) is 1.05. The van der Waals surface area contributed by atoms with Crippen molar-refractivity contribution in [3.63, 3.8) is 0 Å². The van der Waals surface area contributed by atoms with Gasteiger partial charge in [0.15, 0.2) is 0 Å². The molecular formula is C20H21Br2Cl. The third kappa shape index (κ3) is 3.55. The van der Waals surface area contributed by atoms with E-state index in [0.717, 1.165) is 8.95 Å². The number of halogens is 3. The summed E-state index contributed by atoms with van der Waals surface area (Å²) in [6.07, 6.45) is 6.44. The second kappa shape index (κ2) is 7.72. The molecule has 3 rings (SSSR count). The number of hydrogen-bond donors (Lipinski definition) is 0. The molecule has 0 nitrogen and oxygen atoms in total. The van der Waals surface area contributed by atoms with Gasteiger partial charge in [-0.25, -0.2) is 0 Å². The van der Waals surface area contributed by atoms with Gasteiger partial charge in [0.25, 0.3) is 0 Å². The Morgan fingerprint density at radius 3 is 2.48 bits per heavy atom. The molecule has 122 valence electrons. The lowest BCUT2D eigenvalue weighted by molar-refractivity contribution is 0.601. The molecule has 3 heteroatoms. The number of unbranched alkanes of at least 4 members (excludes halogenated alkanes) is 3. The van der Waals surface area contributed by atoms with E-state index in [1.807, 2.05) is 0 Å². The van der Waals surface area contributed by atoms with Crippen molar-refractivity contribution < 1.29 is 0 Å². The lowest BCUT2D eigenvalue weighted by atomic mass is 9.91. The van der Waals surface area contributed by atoms with Crippen LogP contribution in [-0.2, 0) is 5.88 Å². The Morgan fingerprint density at radius 2 is 1.74 bits per heavy atom. The van der Waals surface area contributed by atoms with Crippen LogP contribution in [0.3, 0.4) is 0 Å². The summed E-state index contributed by atoms with van der Waals surface area (Å²) in [4.78, 5) is 0. The smallest absolute Gasteiger partial charge is 0.0480 e. The van der Waals surface area contributed by atoms with Gasteiger partial charge >= 0.3 is 0 Å². The molecule has 0 N–H and O–H groups in total. The largest absolute Gasteiger partial charge is 0.122 e. The Morgan fingerprint density at radius 1 is 0.957 bits per heavy atom. The summed E-state index contributed by atoms with van der Waals surface area (Å²) in [5.41, 5.74) is 6.86. The fourth-order valence-corrected chi connectivity index (χ4v) is 4.81. The number of benzene rings is 2. The van der Waals surface area contributed by atoms with Crippen LogP contribution < -0.4 is 0 Å². The number of alkyl halides is 1. The molecule has 0 bridgehead atoms. The highest BCUT2D eigenvalue weighted by Gasteiger charge is 2.30. The Balaban J connectivity index is 2.04. The fraction of sp³-hybridized carbons (Fsp3) is 0.400. The van der Waals surface area contributed by atoms with Gasteiger partial charge in [-0.15, -0.1) is 11.6 Å². The van der Waals surface area contributed by atoms with E-state index >= 15 is 0 Å². The normalized spacial score (nSPS) is 15.6. The molecule has 1 aliphatic rings. The summed E-state index contributed by atoms with van der Waals surface area (Å²) in [7, 11) is 0. The van der Waals surface area contributed by atoms with Gasteiger partial charge in [0.05, 0.1) is 0 Å². The van der Waals surface area contributed by atoms with Crippen molar-refractivity contribution in [2.24, 2.45) is 0 Å². The van der Waals surface area contributed by atoms with E-state index in [-0.39, 0.29) is 0 Å². The van der Waals surface area contributed by atoms with Crippen molar-refractivity contribution >= 4 is 43.5 Å². The molecule has 1 aliphatic carbocycles. The van der Waals surface area contributed by atoms with Gasteiger partial charge in [-0.1, -0.05) is 70.5 Å². The first-order valence-corrected chi connectivity index (χ1v) is 10.5. The second-order valence-corrected chi connectivity index (χ2v) is 8.39. The van der Waals surface area contributed by atoms with Gasteiger partial charge in [0.1, 0.15) is 0 Å². The zero-order valence-corrected chi connectivity index (χ0v) is 17.3. The first-order chi connectivity index (χ1) is 11.2. The molecule has 0 radical (unpaired) electrons. The maximum atomic E-state index is 6.24.